The molecule has 7 heteroatoms. The molecule has 0 N–H and O–H groups in total. The van der Waals surface area contributed by atoms with Crippen molar-refractivity contribution in [3.63, 3.8) is 0 Å². The first-order valence-corrected chi connectivity index (χ1v) is 4.28. The fraction of sp³-hybridized carbons (Fsp3) is 0.750. The molecule has 0 aromatic rings. The molecule has 6 nitrogen and oxygen atoms in total. The van der Waals surface area contributed by atoms with E-state index in [-0.39, 0.29) is 0 Å². The maximum absolute atomic E-state index is 9.64. The Morgan fingerprint density at radius 3 is 1.91 bits per heavy atom. The lowest BCUT2D eigenvalue weighted by Crippen LogP contribution is -2.44. The topological polar surface area (TPSA) is 66.3 Å². The smallest absolute Gasteiger partial charge is 0.361 e. The summed E-state index contributed by atoms with van der Waals surface area (Å²) in [6.45, 7) is 0. The molecule has 0 aliphatic heterocycles. The predicted molar refractivity (Wildman–Crippen MR) is 36.0 cm³/mol. The number of carbonyl (C=O) groups excluding carboxylic acids is 1. The maximum Gasteiger partial charge on any atom is 0.770 e. The minimum absolute atomic E-state index is 1.17. The van der Waals surface area contributed by atoms with Gasteiger partial charge in [0.1, 0.15) is 0 Å². The van der Waals surface area contributed by atoms with Gasteiger partial charge in [0.25, 0.3) is 6.08 Å². The van der Waals surface area contributed by atoms with Crippen molar-refractivity contribution in [3.8, 4) is 0 Å². The second kappa shape index (κ2) is 5.00. The van der Waals surface area contributed by atoms with Crippen LogP contribution in [0.4, 0.5) is 0 Å². The van der Waals surface area contributed by atoms with Gasteiger partial charge in [0.05, 0.1) is 0 Å². The van der Waals surface area contributed by atoms with E-state index in [4.69, 9.17) is 13.3 Å². The molecule has 0 aromatic heterocycles. The van der Waals surface area contributed by atoms with Crippen LogP contribution in [0.25, 0.3) is 0 Å². The summed E-state index contributed by atoms with van der Waals surface area (Å²) in [5.41, 5.74) is 0. The van der Waals surface area contributed by atoms with Crippen molar-refractivity contribution < 1.29 is 22.6 Å². The minimum Gasteiger partial charge on any atom is -0.361 e. The van der Waals surface area contributed by atoms with Crippen molar-refractivity contribution >= 4 is 15.1 Å². The zero-order valence-corrected chi connectivity index (χ0v) is 7.49. The fourth-order valence-corrected chi connectivity index (χ4v) is 1.31. The van der Waals surface area contributed by atoms with E-state index < -0.39 is 9.05 Å². The number of isocyanates is 1. The lowest BCUT2D eigenvalue weighted by Gasteiger charge is -2.17. The summed E-state index contributed by atoms with van der Waals surface area (Å²) in [4.78, 5) is 9.64. The van der Waals surface area contributed by atoms with Gasteiger partial charge in [-0.3, -0.25) is 0 Å². The molecule has 64 valence electrons. The van der Waals surface area contributed by atoms with Crippen molar-refractivity contribution in [2.24, 2.45) is 5.16 Å². The van der Waals surface area contributed by atoms with E-state index in [9.17, 15) is 4.79 Å². The van der Waals surface area contributed by atoms with Crippen molar-refractivity contribution in [2.45, 2.75) is 0 Å². The van der Waals surface area contributed by atoms with Crippen molar-refractivity contribution in [3.05, 3.63) is 0 Å². The predicted octanol–water partition coefficient (Wildman–Crippen LogP) is -0.371. The van der Waals surface area contributed by atoms with E-state index >= 15 is 0 Å². The van der Waals surface area contributed by atoms with Gasteiger partial charge in [-0.05, 0) is 5.16 Å². The maximum atomic E-state index is 9.64. The summed E-state index contributed by atoms with van der Waals surface area (Å²) in [6, 6.07) is 0. The SMILES string of the molecule is CO[Si](OC)(OC)ON=C=O. The Balaban J connectivity index is 4.15. The van der Waals surface area contributed by atoms with Crippen LogP contribution in [0, 0.1) is 0 Å². The largest absolute Gasteiger partial charge is 0.770 e. The summed E-state index contributed by atoms with van der Waals surface area (Å²) in [5.74, 6) is 0. The lowest BCUT2D eigenvalue weighted by atomic mass is 11.7. The molecule has 0 spiro atoms. The molecular weight excluding hydrogens is 170 g/mol. The van der Waals surface area contributed by atoms with Gasteiger partial charge in [-0.15, -0.1) is 0 Å². The minimum atomic E-state index is -3.17. The Kier molecular flexibility index (Phi) is 4.67. The van der Waals surface area contributed by atoms with Gasteiger partial charge in [0.2, 0.25) is 0 Å². The zero-order valence-electron chi connectivity index (χ0n) is 6.49. The Morgan fingerprint density at radius 2 is 1.64 bits per heavy atom. The summed E-state index contributed by atoms with van der Waals surface area (Å²) in [5, 5.41) is 2.84. The number of hydrogen-bond donors (Lipinski definition) is 0. The Bertz CT molecular complexity index is 144. The van der Waals surface area contributed by atoms with Crippen molar-refractivity contribution in [1.29, 1.82) is 0 Å². The van der Waals surface area contributed by atoms with E-state index in [1.54, 1.807) is 0 Å². The molecule has 0 atom stereocenters. The van der Waals surface area contributed by atoms with Crippen molar-refractivity contribution in [2.75, 3.05) is 21.3 Å². The fourth-order valence-electron chi connectivity index (χ4n) is 0.436. The van der Waals surface area contributed by atoms with Crippen LogP contribution in [0.5, 0.6) is 0 Å². The van der Waals surface area contributed by atoms with E-state index in [2.05, 4.69) is 9.68 Å². The molecule has 0 amide bonds. The summed E-state index contributed by atoms with van der Waals surface area (Å²) < 4.78 is 18.7. The zero-order chi connectivity index (χ0) is 8.74. The van der Waals surface area contributed by atoms with E-state index in [1.165, 1.54) is 27.4 Å². The van der Waals surface area contributed by atoms with Gasteiger partial charge in [0, 0.05) is 21.3 Å². The monoisotopic (exact) mass is 179 g/mol. The average molecular weight is 179 g/mol. The van der Waals surface area contributed by atoms with Gasteiger partial charge >= 0.3 is 9.05 Å². The van der Waals surface area contributed by atoms with Gasteiger partial charge in [-0.25, -0.2) is 4.79 Å². The van der Waals surface area contributed by atoms with Crippen LogP contribution in [0.15, 0.2) is 5.16 Å². The van der Waals surface area contributed by atoms with Gasteiger partial charge < -0.3 is 17.8 Å². The molecule has 0 rings (SSSR count). The highest BCUT2D eigenvalue weighted by molar-refractivity contribution is 6.53. The molecule has 0 aliphatic rings. The summed E-state index contributed by atoms with van der Waals surface area (Å²) in [7, 11) is 0.831. The molecule has 0 saturated carbocycles. The molecule has 0 bridgehead atoms. The van der Waals surface area contributed by atoms with Gasteiger partial charge in [-0.1, -0.05) is 0 Å². The standard InChI is InChI=1S/C4H9NO5Si/c1-7-11(8-2,9-3)10-5-4-6/h1-3H3. The van der Waals surface area contributed by atoms with E-state index in [0.29, 0.717) is 0 Å². The first-order valence-electron chi connectivity index (χ1n) is 2.65. The molecule has 0 aliphatic carbocycles. The summed E-state index contributed by atoms with van der Waals surface area (Å²) >= 11 is 0. The summed E-state index contributed by atoms with van der Waals surface area (Å²) in [6.07, 6.45) is 1.17. The lowest BCUT2D eigenvalue weighted by molar-refractivity contribution is 0.00751. The highest BCUT2D eigenvalue weighted by atomic mass is 28.4. The number of hydrogen-bond acceptors (Lipinski definition) is 6. The van der Waals surface area contributed by atoms with Crippen LogP contribution in [0.1, 0.15) is 0 Å². The van der Waals surface area contributed by atoms with Crippen LogP contribution < -0.4 is 0 Å². The third-order valence-electron chi connectivity index (χ3n) is 0.945. The second-order valence-corrected chi connectivity index (χ2v) is 3.79. The van der Waals surface area contributed by atoms with Crippen LogP contribution in [-0.2, 0) is 22.6 Å². The molecule has 0 fully saturated rings. The first kappa shape index (κ1) is 10.3. The van der Waals surface area contributed by atoms with Gasteiger partial charge in [-0.2, -0.15) is 0 Å². The Labute approximate surface area is 65.2 Å². The van der Waals surface area contributed by atoms with Crippen LogP contribution in [-0.4, -0.2) is 36.5 Å². The quantitative estimate of drug-likeness (QED) is 0.249. The number of nitrogens with zero attached hydrogens (tertiary/aromatic N) is 1. The first-order chi connectivity index (χ1) is 5.24. The third-order valence-corrected chi connectivity index (χ3v) is 2.76. The highest BCUT2D eigenvalue weighted by Gasteiger charge is 2.46. The Hall–Kier alpha value is -0.723. The van der Waals surface area contributed by atoms with E-state index in [1.807, 2.05) is 0 Å². The van der Waals surface area contributed by atoms with Crippen LogP contribution in [0.3, 0.4) is 0 Å². The molecule has 0 radical (unpaired) electrons. The second-order valence-electron chi connectivity index (χ2n) is 1.39. The molecule has 0 aromatic carbocycles. The molecule has 0 unspecified atom stereocenters. The molecule has 0 saturated heterocycles. The number of rotatable bonds is 5. The van der Waals surface area contributed by atoms with E-state index in [0.717, 1.165) is 0 Å². The molecular formula is C4H9NO5Si. The van der Waals surface area contributed by atoms with Gasteiger partial charge in [0.15, 0.2) is 0 Å². The molecule has 0 heterocycles. The van der Waals surface area contributed by atoms with Crippen LogP contribution in [0.2, 0.25) is 0 Å². The Morgan fingerprint density at radius 1 is 1.18 bits per heavy atom. The van der Waals surface area contributed by atoms with Crippen LogP contribution >= 0.6 is 0 Å². The third kappa shape index (κ3) is 2.79. The average Bonchev–Trinajstić information content (AvgIpc) is 2.08. The highest BCUT2D eigenvalue weighted by Crippen LogP contribution is 2.06. The molecule has 11 heavy (non-hydrogen) atoms. The van der Waals surface area contributed by atoms with Crippen molar-refractivity contribution in [1.82, 2.24) is 0 Å². The normalized spacial score (nSPS) is 10.5.